The molecule has 0 spiro atoms. The Morgan fingerprint density at radius 3 is 2.76 bits per heavy atom. The number of rotatable bonds is 4. The van der Waals surface area contributed by atoms with Crippen LogP contribution in [-0.2, 0) is 16.0 Å². The number of carbonyl (C=O) groups excluding carboxylic acids is 1. The van der Waals surface area contributed by atoms with Gasteiger partial charge in [-0.05, 0) is 52.2 Å². The van der Waals surface area contributed by atoms with E-state index in [1.807, 2.05) is 29.2 Å². The van der Waals surface area contributed by atoms with Crippen molar-refractivity contribution in [1.82, 2.24) is 30.0 Å². The quantitative estimate of drug-likeness (QED) is 0.556. The molecule has 0 saturated carbocycles. The average Bonchev–Trinajstić information content (AvgIpc) is 3.39. The highest BCUT2D eigenvalue weighted by Gasteiger charge is 2.36. The number of tetrazole rings is 1. The molecule has 1 aromatic heterocycles. The summed E-state index contributed by atoms with van der Waals surface area (Å²) in [7, 11) is 0. The predicted molar refractivity (Wildman–Crippen MR) is 121 cm³/mol. The van der Waals surface area contributed by atoms with Crippen LogP contribution in [0, 0.1) is 19.3 Å². The first-order valence-corrected chi connectivity index (χ1v) is 11.2. The van der Waals surface area contributed by atoms with Crippen molar-refractivity contribution in [3.8, 4) is 5.69 Å². The minimum atomic E-state index is -0.498. The lowest BCUT2D eigenvalue weighted by Gasteiger charge is -2.46. The highest BCUT2D eigenvalue weighted by Crippen LogP contribution is 2.34. The second-order valence-electron chi connectivity index (χ2n) is 8.63. The SMILES string of the molecule is [C-]#[N+]c1c(F)ccc([C@H]2CN3CCN(C(=O)Cc4ccc(-n5cnnn5)cc4)C[C@@H]3CO2)c1C. The first-order valence-electron chi connectivity index (χ1n) is 11.2. The van der Waals surface area contributed by atoms with Gasteiger partial charge in [-0.1, -0.05) is 18.2 Å². The summed E-state index contributed by atoms with van der Waals surface area (Å²) in [6.07, 6.45) is 1.65. The number of carbonyl (C=O) groups is 1. The maximum Gasteiger partial charge on any atom is 0.227 e. The highest BCUT2D eigenvalue weighted by molar-refractivity contribution is 5.79. The summed E-state index contributed by atoms with van der Waals surface area (Å²) in [4.78, 5) is 20.5. The zero-order valence-electron chi connectivity index (χ0n) is 18.8. The Hall–Kier alpha value is -3.68. The first-order chi connectivity index (χ1) is 16.5. The van der Waals surface area contributed by atoms with E-state index < -0.39 is 5.82 Å². The summed E-state index contributed by atoms with van der Waals surface area (Å²) in [6.45, 7) is 12.2. The molecule has 2 aliphatic rings. The van der Waals surface area contributed by atoms with Gasteiger partial charge in [0.25, 0.3) is 0 Å². The summed E-state index contributed by atoms with van der Waals surface area (Å²) in [6, 6.07) is 10.8. The van der Waals surface area contributed by atoms with E-state index >= 15 is 0 Å². The number of amides is 1. The number of hydrogen-bond acceptors (Lipinski definition) is 6. The number of benzene rings is 2. The van der Waals surface area contributed by atoms with Gasteiger partial charge in [0.05, 0.1) is 37.4 Å². The number of aromatic nitrogens is 4. The van der Waals surface area contributed by atoms with Gasteiger partial charge in [0.1, 0.15) is 12.1 Å². The van der Waals surface area contributed by atoms with Crippen molar-refractivity contribution in [2.75, 3.05) is 32.8 Å². The monoisotopic (exact) mass is 461 g/mol. The molecule has 2 aromatic carbocycles. The standard InChI is InChI=1S/C24H24FN7O2/c1-16-20(7-8-21(25)24(16)26-2)22-13-30-9-10-31(12-19(30)14-34-22)23(33)11-17-3-5-18(6-4-17)32-15-27-28-29-32/h3-8,15,19,22H,9-14H2,1H3/t19-,22-/m1/s1. The van der Waals surface area contributed by atoms with Crippen LogP contribution < -0.4 is 0 Å². The second kappa shape index (κ2) is 9.29. The molecule has 2 saturated heterocycles. The van der Waals surface area contributed by atoms with Gasteiger partial charge in [0.15, 0.2) is 0 Å². The van der Waals surface area contributed by atoms with Gasteiger partial charge < -0.3 is 9.64 Å². The van der Waals surface area contributed by atoms with Crippen molar-refractivity contribution >= 4 is 11.6 Å². The lowest BCUT2D eigenvalue weighted by atomic mass is 9.98. The van der Waals surface area contributed by atoms with Crippen molar-refractivity contribution < 1.29 is 13.9 Å². The van der Waals surface area contributed by atoms with Crippen LogP contribution in [0.25, 0.3) is 10.5 Å². The summed E-state index contributed by atoms with van der Waals surface area (Å²) < 4.78 is 21.6. The Morgan fingerprint density at radius 2 is 2.03 bits per heavy atom. The molecule has 174 valence electrons. The maximum absolute atomic E-state index is 13.9. The van der Waals surface area contributed by atoms with E-state index in [4.69, 9.17) is 11.3 Å². The Kier molecular flexibility index (Phi) is 6.04. The van der Waals surface area contributed by atoms with E-state index in [1.165, 1.54) is 12.4 Å². The van der Waals surface area contributed by atoms with Gasteiger partial charge in [-0.15, -0.1) is 5.10 Å². The van der Waals surface area contributed by atoms with Crippen LogP contribution in [0.4, 0.5) is 10.1 Å². The second-order valence-corrected chi connectivity index (χ2v) is 8.63. The fourth-order valence-corrected chi connectivity index (χ4v) is 4.70. The summed E-state index contributed by atoms with van der Waals surface area (Å²) in [5.41, 5.74) is 3.33. The van der Waals surface area contributed by atoms with Crippen LogP contribution in [0.5, 0.6) is 0 Å². The van der Waals surface area contributed by atoms with Gasteiger partial charge in [-0.2, -0.15) is 0 Å². The minimum Gasteiger partial charge on any atom is -0.371 e. The van der Waals surface area contributed by atoms with Crippen LogP contribution in [-0.4, -0.2) is 74.7 Å². The molecule has 3 heterocycles. The van der Waals surface area contributed by atoms with Crippen LogP contribution >= 0.6 is 0 Å². The molecule has 9 nitrogen and oxygen atoms in total. The summed E-state index contributed by atoms with van der Waals surface area (Å²) in [5, 5.41) is 11.1. The predicted octanol–water partition coefficient (Wildman–Crippen LogP) is 2.49. The molecule has 3 aromatic rings. The van der Waals surface area contributed by atoms with Crippen molar-refractivity contribution in [2.45, 2.75) is 25.5 Å². The van der Waals surface area contributed by atoms with Crippen LogP contribution in [0.2, 0.25) is 0 Å². The Balaban J connectivity index is 1.19. The molecule has 1 amide bonds. The fourth-order valence-electron chi connectivity index (χ4n) is 4.70. The molecular weight excluding hydrogens is 437 g/mol. The number of hydrogen-bond donors (Lipinski definition) is 0. The molecule has 34 heavy (non-hydrogen) atoms. The van der Waals surface area contributed by atoms with Gasteiger partial charge in [0.2, 0.25) is 11.6 Å². The largest absolute Gasteiger partial charge is 0.371 e. The number of piperazine rings is 1. The Morgan fingerprint density at radius 1 is 1.21 bits per heavy atom. The van der Waals surface area contributed by atoms with E-state index in [0.717, 1.165) is 23.4 Å². The van der Waals surface area contributed by atoms with Crippen molar-refractivity contribution in [2.24, 2.45) is 0 Å². The van der Waals surface area contributed by atoms with E-state index in [0.29, 0.717) is 38.2 Å². The molecule has 0 radical (unpaired) electrons. The van der Waals surface area contributed by atoms with Crippen LogP contribution in [0.3, 0.4) is 0 Å². The van der Waals surface area contributed by atoms with Crippen molar-refractivity contribution in [3.63, 3.8) is 0 Å². The third-order valence-corrected chi connectivity index (χ3v) is 6.64. The maximum atomic E-state index is 13.9. The van der Waals surface area contributed by atoms with E-state index in [-0.39, 0.29) is 23.7 Å². The van der Waals surface area contributed by atoms with E-state index in [9.17, 15) is 9.18 Å². The third-order valence-electron chi connectivity index (χ3n) is 6.64. The molecule has 0 N–H and O–H groups in total. The van der Waals surface area contributed by atoms with Gasteiger partial charge in [-0.25, -0.2) is 13.9 Å². The number of nitrogens with zero attached hydrogens (tertiary/aromatic N) is 7. The lowest BCUT2D eigenvalue weighted by Crippen LogP contribution is -2.59. The van der Waals surface area contributed by atoms with Gasteiger partial charge >= 0.3 is 0 Å². The average molecular weight is 462 g/mol. The molecule has 0 bridgehead atoms. The number of ether oxygens (including phenoxy) is 1. The topological polar surface area (TPSA) is 80.7 Å². The lowest BCUT2D eigenvalue weighted by molar-refractivity contribution is -0.139. The fraction of sp³-hybridized carbons (Fsp3) is 0.375. The molecule has 2 aliphatic heterocycles. The van der Waals surface area contributed by atoms with E-state index in [1.54, 1.807) is 17.7 Å². The zero-order chi connectivity index (χ0) is 23.7. The molecule has 10 heteroatoms. The smallest absolute Gasteiger partial charge is 0.227 e. The highest BCUT2D eigenvalue weighted by atomic mass is 19.1. The number of fused-ring (bicyclic) bond motifs is 1. The number of halogens is 1. The molecule has 0 unspecified atom stereocenters. The minimum absolute atomic E-state index is 0.0598. The molecule has 5 rings (SSSR count). The Labute approximate surface area is 196 Å². The summed E-state index contributed by atoms with van der Waals surface area (Å²) in [5.74, 6) is -0.407. The normalized spacial score (nSPS) is 20.6. The van der Waals surface area contributed by atoms with Crippen molar-refractivity contribution in [1.29, 1.82) is 0 Å². The van der Waals surface area contributed by atoms with E-state index in [2.05, 4.69) is 25.3 Å². The molecular formula is C24H24FN7O2. The molecule has 2 fully saturated rings. The molecule has 0 aliphatic carbocycles. The third kappa shape index (κ3) is 4.27. The summed E-state index contributed by atoms with van der Waals surface area (Å²) >= 11 is 0. The van der Waals surface area contributed by atoms with Crippen LogP contribution in [0.15, 0.2) is 42.7 Å². The first kappa shape index (κ1) is 22.1. The van der Waals surface area contributed by atoms with Gasteiger partial charge in [-0.3, -0.25) is 9.69 Å². The Bertz CT molecular complexity index is 1220. The number of morpholine rings is 1. The molecule has 2 atom stereocenters. The zero-order valence-corrected chi connectivity index (χ0v) is 18.8. The van der Waals surface area contributed by atoms with Gasteiger partial charge in [0, 0.05) is 26.2 Å². The van der Waals surface area contributed by atoms with Crippen LogP contribution in [0.1, 0.15) is 22.8 Å². The van der Waals surface area contributed by atoms with Crippen molar-refractivity contribution in [3.05, 3.63) is 76.7 Å².